The summed E-state index contributed by atoms with van der Waals surface area (Å²) in [5.41, 5.74) is 17.1. The Morgan fingerprint density at radius 2 is 1.82 bits per heavy atom. The number of aromatic carboxylic acids is 1. The number of alkyl halides is 2. The summed E-state index contributed by atoms with van der Waals surface area (Å²) in [4.78, 5) is 49.1. The molecule has 3 atom stereocenters. The molecule has 0 spiro atoms. The number of likely N-dealkylation sites (tertiary alicyclic amines) is 1. The van der Waals surface area contributed by atoms with Crippen LogP contribution in [0.1, 0.15) is 97.6 Å². The second-order valence-corrected chi connectivity index (χ2v) is 19.7. The van der Waals surface area contributed by atoms with Crippen molar-refractivity contribution >= 4 is 75.8 Å². The van der Waals surface area contributed by atoms with Crippen LogP contribution < -0.4 is 32.2 Å². The van der Waals surface area contributed by atoms with E-state index in [2.05, 4.69) is 40.7 Å². The van der Waals surface area contributed by atoms with Gasteiger partial charge in [0.2, 0.25) is 5.91 Å². The molecular formula is C49H62ClF2N7O7S2. The largest absolute Gasteiger partial charge is 0.479 e. The van der Waals surface area contributed by atoms with Gasteiger partial charge in [-0.25, -0.2) is 27.5 Å². The topological polar surface area (TPSA) is 213 Å². The number of halogens is 3. The summed E-state index contributed by atoms with van der Waals surface area (Å²) in [5, 5.41) is 26.7. The van der Waals surface area contributed by atoms with Gasteiger partial charge in [-0.15, -0.1) is 17.9 Å². The number of carboxylic acids is 2. The van der Waals surface area contributed by atoms with Crippen molar-refractivity contribution in [3.05, 3.63) is 106 Å². The summed E-state index contributed by atoms with van der Waals surface area (Å²) < 4.78 is 39.0. The first-order valence-corrected chi connectivity index (χ1v) is 24.6. The van der Waals surface area contributed by atoms with Crippen molar-refractivity contribution in [2.75, 3.05) is 56.2 Å². The van der Waals surface area contributed by atoms with Crippen molar-refractivity contribution in [2.45, 2.75) is 88.5 Å². The number of nitrogen functional groups attached to an aromatic ring is 1. The van der Waals surface area contributed by atoms with Crippen LogP contribution in [-0.4, -0.2) is 94.6 Å². The number of carbonyl (C=O) groups excluding carboxylic acids is 2. The maximum atomic E-state index is 15.8. The van der Waals surface area contributed by atoms with E-state index in [9.17, 15) is 19.2 Å². The number of benzene rings is 3. The van der Waals surface area contributed by atoms with Gasteiger partial charge in [0.05, 0.1) is 23.3 Å². The number of allylic oxidation sites excluding steroid dienone is 1. The fourth-order valence-corrected chi connectivity index (χ4v) is 10.9. The standard InChI is InChI=1S/C36H52F2N6O2S.C13H10ClNO5S/c1-6-8-14-29(33(45)40-5)32(39)28-16-15-26(22-31(28)41-7-2)30-17-20-43(24-36(30,37)38)34(46)42-27-13-11-12-25(21-27)23-47-44-19-10-9-18-35(44,3)4;14-9-10(20-5-8(16)17)12(13(18)19)21-11(9)6-2-1-3-7(15)4-6/h6,11-13,15-16,21-22,29-30,32,41H,1,7-10,14,17-20,23-24,39H2,2-5H3,(H,40,45)(H,42,46);1-4H,5,15H2,(H,16,17)(H,18,19). The number of ether oxygens (including phenoxy) is 1. The third-order valence-corrected chi connectivity index (χ3v) is 15.1. The molecule has 68 heavy (non-hydrogen) atoms. The van der Waals surface area contributed by atoms with E-state index < -0.39 is 54.9 Å². The smallest absolute Gasteiger partial charge is 0.349 e. The summed E-state index contributed by atoms with van der Waals surface area (Å²) in [5.74, 6) is -6.71. The molecule has 0 radical (unpaired) electrons. The summed E-state index contributed by atoms with van der Waals surface area (Å²) in [6.45, 7) is 10.7. The highest BCUT2D eigenvalue weighted by atomic mass is 35.5. The van der Waals surface area contributed by atoms with E-state index >= 15 is 8.78 Å². The Kier molecular flexibility index (Phi) is 19.1. The molecule has 4 aromatic rings. The number of carboxylic acid groups (broad SMARTS) is 2. The summed E-state index contributed by atoms with van der Waals surface area (Å²) >= 11 is 8.84. The summed E-state index contributed by atoms with van der Waals surface area (Å²) in [7, 11) is 1.58. The van der Waals surface area contributed by atoms with Crippen LogP contribution in [0.4, 0.5) is 30.6 Å². The Bertz CT molecular complexity index is 2420. The lowest BCUT2D eigenvalue weighted by atomic mass is 9.83. The molecule has 2 aliphatic heterocycles. The lowest BCUT2D eigenvalue weighted by Crippen LogP contribution is -2.51. The first-order chi connectivity index (χ1) is 32.3. The van der Waals surface area contributed by atoms with Crippen LogP contribution in [0.5, 0.6) is 5.75 Å². The van der Waals surface area contributed by atoms with E-state index in [1.165, 1.54) is 24.2 Å². The molecule has 9 N–H and O–H groups in total. The normalized spacial score (nSPS) is 17.4. The molecule has 3 aromatic carbocycles. The number of hydrogen-bond acceptors (Lipinski definition) is 11. The number of hydrogen-bond donors (Lipinski definition) is 7. The number of nitrogens with zero attached hydrogens (tertiary/aromatic N) is 2. The minimum atomic E-state index is -3.14. The van der Waals surface area contributed by atoms with E-state index in [4.69, 9.17) is 38.0 Å². The molecule has 368 valence electrons. The Balaban J connectivity index is 0.000000342. The fourth-order valence-electron chi connectivity index (χ4n) is 8.36. The van der Waals surface area contributed by atoms with Crippen LogP contribution in [0.2, 0.25) is 5.02 Å². The predicted octanol–water partition coefficient (Wildman–Crippen LogP) is 10.3. The van der Waals surface area contributed by atoms with Crippen LogP contribution in [0, 0.1) is 5.92 Å². The molecule has 1 aromatic heterocycles. The third-order valence-electron chi connectivity index (χ3n) is 11.9. The lowest BCUT2D eigenvalue weighted by molar-refractivity contribution is -0.139. The van der Waals surface area contributed by atoms with Gasteiger partial charge in [-0.1, -0.05) is 72.4 Å². The van der Waals surface area contributed by atoms with Crippen molar-refractivity contribution in [3.8, 4) is 16.2 Å². The first kappa shape index (κ1) is 53.6. The number of carbonyl (C=O) groups is 4. The minimum absolute atomic E-state index is 0.0595. The Morgan fingerprint density at radius 1 is 1.07 bits per heavy atom. The van der Waals surface area contributed by atoms with Gasteiger partial charge in [0.25, 0.3) is 5.92 Å². The van der Waals surface area contributed by atoms with Gasteiger partial charge in [0.15, 0.2) is 17.2 Å². The number of anilines is 3. The highest BCUT2D eigenvalue weighted by Gasteiger charge is 2.47. The monoisotopic (exact) mass is 997 g/mol. The Labute approximate surface area is 409 Å². The van der Waals surface area contributed by atoms with Gasteiger partial charge in [-0.2, -0.15) is 0 Å². The SMILES string of the molecule is C=CCCC(C(=O)NC)C(N)c1ccc(C2CCN(C(=O)Nc3cccc(CSN4CCCCC4(C)C)c3)CC2(F)F)cc1NCC.Nc1cccc(-c2sc(C(=O)O)c(OCC(=O)O)c2Cl)c1. The molecule has 2 aliphatic rings. The van der Waals surface area contributed by atoms with E-state index in [1.807, 2.05) is 25.1 Å². The van der Waals surface area contributed by atoms with Gasteiger partial charge in [-0.3, -0.25) is 4.79 Å². The molecule has 0 aliphatic carbocycles. The van der Waals surface area contributed by atoms with Gasteiger partial charge >= 0.3 is 18.0 Å². The number of urea groups is 1. The molecule has 3 unspecified atom stereocenters. The van der Waals surface area contributed by atoms with Gasteiger partial charge < -0.3 is 47.3 Å². The van der Waals surface area contributed by atoms with Crippen molar-refractivity contribution in [1.82, 2.24) is 14.5 Å². The Hall–Kier alpha value is -5.40. The Morgan fingerprint density at radius 3 is 2.47 bits per heavy atom. The first-order valence-electron chi connectivity index (χ1n) is 22.4. The molecular weight excluding hydrogens is 936 g/mol. The second kappa shape index (κ2) is 24.2. The molecule has 6 rings (SSSR count). The quantitative estimate of drug-likeness (QED) is 0.0282. The number of piperidine rings is 2. The van der Waals surface area contributed by atoms with Crippen molar-refractivity contribution in [1.29, 1.82) is 0 Å². The van der Waals surface area contributed by atoms with E-state index in [0.717, 1.165) is 29.2 Å². The average molecular weight is 999 g/mol. The van der Waals surface area contributed by atoms with Crippen LogP contribution in [-0.2, 0) is 15.3 Å². The third kappa shape index (κ3) is 13.9. The highest BCUT2D eigenvalue weighted by Crippen LogP contribution is 2.46. The number of nitrogens with one attached hydrogen (secondary N) is 3. The minimum Gasteiger partial charge on any atom is -0.479 e. The maximum Gasteiger partial charge on any atom is 0.349 e. The van der Waals surface area contributed by atoms with Crippen LogP contribution in [0.3, 0.4) is 0 Å². The maximum absolute atomic E-state index is 15.8. The zero-order chi connectivity index (χ0) is 49.8. The fraction of sp³-hybridized carbons (Fsp3) is 0.429. The molecule has 0 bridgehead atoms. The number of thiophene rings is 1. The zero-order valence-electron chi connectivity index (χ0n) is 38.8. The van der Waals surface area contributed by atoms with Crippen LogP contribution in [0.25, 0.3) is 10.4 Å². The second-order valence-electron chi connectivity index (χ2n) is 17.3. The van der Waals surface area contributed by atoms with Crippen LogP contribution >= 0.6 is 34.9 Å². The molecule has 0 saturated carbocycles. The zero-order valence-corrected chi connectivity index (χ0v) is 41.2. The number of amides is 3. The highest BCUT2D eigenvalue weighted by molar-refractivity contribution is 7.96. The lowest BCUT2D eigenvalue weighted by Gasteiger charge is -2.41. The predicted molar refractivity (Wildman–Crippen MR) is 269 cm³/mol. The van der Waals surface area contributed by atoms with Crippen LogP contribution in [0.15, 0.2) is 79.4 Å². The van der Waals surface area contributed by atoms with Crippen molar-refractivity contribution in [3.63, 3.8) is 0 Å². The van der Waals surface area contributed by atoms with Gasteiger partial charge in [0.1, 0.15) is 5.02 Å². The molecule has 3 heterocycles. The van der Waals surface area contributed by atoms with E-state index in [-0.39, 0.29) is 40.1 Å². The van der Waals surface area contributed by atoms with Gasteiger partial charge in [-0.05, 0) is 105 Å². The summed E-state index contributed by atoms with van der Waals surface area (Å²) in [6, 6.07) is 18.4. The number of aliphatic carboxylic acids is 1. The van der Waals surface area contributed by atoms with Crippen molar-refractivity contribution < 1.29 is 42.9 Å². The molecule has 2 saturated heterocycles. The molecule has 2 fully saturated rings. The number of rotatable bonds is 18. The molecule has 3 amide bonds. The van der Waals surface area contributed by atoms with E-state index in [1.54, 1.807) is 73.6 Å². The van der Waals surface area contributed by atoms with E-state index in [0.29, 0.717) is 58.0 Å². The van der Waals surface area contributed by atoms with Gasteiger partial charge in [0, 0.05) is 61.1 Å². The molecule has 14 nitrogen and oxygen atoms in total. The van der Waals surface area contributed by atoms with Crippen molar-refractivity contribution in [2.24, 2.45) is 11.7 Å². The average Bonchev–Trinajstić information content (AvgIpc) is 3.63. The summed E-state index contributed by atoms with van der Waals surface area (Å²) in [6.07, 6.45) is 6.62. The molecule has 19 heteroatoms. The number of nitrogens with two attached hydrogens (primary N) is 2.